The van der Waals surface area contributed by atoms with Crippen LogP contribution in [0, 0.1) is 0 Å². The second kappa shape index (κ2) is 5.10. The number of hydrogen-bond acceptors (Lipinski definition) is 4. The highest BCUT2D eigenvalue weighted by molar-refractivity contribution is 7.15. The Labute approximate surface area is 104 Å². The van der Waals surface area contributed by atoms with Crippen LogP contribution in [0.5, 0.6) is 0 Å². The third kappa shape index (κ3) is 2.53. The third-order valence-electron chi connectivity index (χ3n) is 2.45. The molecule has 0 N–H and O–H groups in total. The van der Waals surface area contributed by atoms with E-state index in [0.717, 1.165) is 17.0 Å². The summed E-state index contributed by atoms with van der Waals surface area (Å²) in [4.78, 5) is 16.9. The summed E-state index contributed by atoms with van der Waals surface area (Å²) in [5, 5.41) is 0.985. The maximum atomic E-state index is 11.3. The van der Waals surface area contributed by atoms with Crippen molar-refractivity contribution < 1.29 is 9.53 Å². The highest BCUT2D eigenvalue weighted by Gasteiger charge is 2.07. The molecule has 0 aliphatic rings. The molecule has 3 nitrogen and oxygen atoms in total. The van der Waals surface area contributed by atoms with Gasteiger partial charge in [-0.2, -0.15) is 0 Å². The molecule has 0 radical (unpaired) electrons. The van der Waals surface area contributed by atoms with E-state index in [2.05, 4.69) is 16.6 Å². The largest absolute Gasteiger partial charge is 0.465 e. The Morgan fingerprint density at radius 3 is 2.59 bits per heavy atom. The number of nitrogens with zero attached hydrogens (tertiary/aromatic N) is 1. The van der Waals surface area contributed by atoms with E-state index >= 15 is 0 Å². The zero-order valence-electron chi connectivity index (χ0n) is 9.77. The Morgan fingerprint density at radius 1 is 1.35 bits per heavy atom. The zero-order valence-corrected chi connectivity index (χ0v) is 10.6. The normalized spacial score (nSPS) is 10.2. The lowest BCUT2D eigenvalue weighted by molar-refractivity contribution is 0.0601. The fraction of sp³-hybridized carbons (Fsp3) is 0.231. The van der Waals surface area contributed by atoms with Crippen molar-refractivity contribution in [3.8, 4) is 10.6 Å². The molecule has 0 aliphatic carbocycles. The molecule has 0 atom stereocenters. The zero-order chi connectivity index (χ0) is 12.3. The van der Waals surface area contributed by atoms with E-state index in [1.807, 2.05) is 18.3 Å². The number of thiazole rings is 1. The Balaban J connectivity index is 2.25. The molecule has 1 aromatic heterocycles. The van der Waals surface area contributed by atoms with E-state index in [1.54, 1.807) is 23.5 Å². The molecule has 2 aromatic rings. The third-order valence-corrected chi connectivity index (χ3v) is 3.65. The molecule has 17 heavy (non-hydrogen) atoms. The highest BCUT2D eigenvalue weighted by atomic mass is 32.1. The van der Waals surface area contributed by atoms with E-state index in [4.69, 9.17) is 0 Å². The van der Waals surface area contributed by atoms with Crippen LogP contribution in [0.3, 0.4) is 0 Å². The lowest BCUT2D eigenvalue weighted by Gasteiger charge is -2.00. The van der Waals surface area contributed by atoms with E-state index < -0.39 is 0 Å². The monoisotopic (exact) mass is 247 g/mol. The molecule has 0 saturated carbocycles. The van der Waals surface area contributed by atoms with E-state index in [-0.39, 0.29) is 5.97 Å². The van der Waals surface area contributed by atoms with E-state index in [9.17, 15) is 4.79 Å². The molecule has 0 fully saturated rings. The van der Waals surface area contributed by atoms with Gasteiger partial charge in [0, 0.05) is 16.6 Å². The van der Waals surface area contributed by atoms with E-state index in [0.29, 0.717) is 5.56 Å². The first-order chi connectivity index (χ1) is 8.24. The van der Waals surface area contributed by atoms with Crippen molar-refractivity contribution in [2.45, 2.75) is 13.3 Å². The van der Waals surface area contributed by atoms with Gasteiger partial charge in [-0.3, -0.25) is 0 Å². The predicted octanol–water partition coefficient (Wildman–Crippen LogP) is 3.16. The summed E-state index contributed by atoms with van der Waals surface area (Å²) in [5.41, 5.74) is 1.59. The van der Waals surface area contributed by atoms with E-state index in [1.165, 1.54) is 12.0 Å². The summed E-state index contributed by atoms with van der Waals surface area (Å²) < 4.78 is 4.65. The van der Waals surface area contributed by atoms with Gasteiger partial charge >= 0.3 is 5.97 Å². The fourth-order valence-electron chi connectivity index (χ4n) is 1.47. The molecule has 0 aliphatic heterocycles. The molecule has 4 heteroatoms. The number of hydrogen-bond donors (Lipinski definition) is 0. The second-order valence-corrected chi connectivity index (χ2v) is 4.67. The smallest absolute Gasteiger partial charge is 0.337 e. The summed E-state index contributed by atoms with van der Waals surface area (Å²) >= 11 is 1.68. The number of rotatable bonds is 3. The van der Waals surface area contributed by atoms with Crippen molar-refractivity contribution >= 4 is 17.3 Å². The van der Waals surface area contributed by atoms with Gasteiger partial charge in [-0.15, -0.1) is 11.3 Å². The summed E-state index contributed by atoms with van der Waals surface area (Å²) in [5.74, 6) is -0.315. The maximum absolute atomic E-state index is 11.3. The first-order valence-corrected chi connectivity index (χ1v) is 6.19. The number of carbonyl (C=O) groups is 1. The van der Waals surface area contributed by atoms with Crippen molar-refractivity contribution in [3.05, 3.63) is 40.9 Å². The van der Waals surface area contributed by atoms with Crippen molar-refractivity contribution in [1.29, 1.82) is 0 Å². The first kappa shape index (κ1) is 11.8. The predicted molar refractivity (Wildman–Crippen MR) is 68.3 cm³/mol. The fourth-order valence-corrected chi connectivity index (χ4v) is 2.33. The van der Waals surface area contributed by atoms with Gasteiger partial charge in [0.25, 0.3) is 0 Å². The summed E-state index contributed by atoms with van der Waals surface area (Å²) in [6.07, 6.45) is 2.89. The Bertz CT molecular complexity index is 516. The van der Waals surface area contributed by atoms with Gasteiger partial charge in [-0.25, -0.2) is 9.78 Å². The lowest BCUT2D eigenvalue weighted by Crippen LogP contribution is -2.00. The molecule has 0 saturated heterocycles. The lowest BCUT2D eigenvalue weighted by atomic mass is 10.1. The van der Waals surface area contributed by atoms with Gasteiger partial charge in [0.05, 0.1) is 12.7 Å². The molecular weight excluding hydrogens is 234 g/mol. The number of carbonyl (C=O) groups excluding carboxylic acids is 1. The number of methoxy groups -OCH3 is 1. The number of benzene rings is 1. The highest BCUT2D eigenvalue weighted by Crippen LogP contribution is 2.25. The molecular formula is C13H13NO2S. The minimum atomic E-state index is -0.315. The van der Waals surface area contributed by atoms with Crippen LogP contribution in [0.2, 0.25) is 0 Å². The van der Waals surface area contributed by atoms with Gasteiger partial charge in [0.15, 0.2) is 0 Å². The standard InChI is InChI=1S/C13H13NO2S/c1-3-11-8-14-12(17-11)9-4-6-10(7-5-9)13(15)16-2/h4-8H,3H2,1-2H3. The van der Waals surface area contributed by atoms with Crippen molar-refractivity contribution in [2.75, 3.05) is 7.11 Å². The number of aromatic nitrogens is 1. The topological polar surface area (TPSA) is 39.2 Å². The van der Waals surface area contributed by atoms with Gasteiger partial charge in [-0.05, 0) is 18.6 Å². The molecule has 0 spiro atoms. The molecule has 0 bridgehead atoms. The van der Waals surface area contributed by atoms with Crippen LogP contribution >= 0.6 is 11.3 Å². The molecule has 2 rings (SSSR count). The average molecular weight is 247 g/mol. The second-order valence-electron chi connectivity index (χ2n) is 3.55. The van der Waals surface area contributed by atoms with Crippen LogP contribution in [0.15, 0.2) is 30.5 Å². The first-order valence-electron chi connectivity index (χ1n) is 5.38. The Hall–Kier alpha value is -1.68. The molecule has 0 unspecified atom stereocenters. The van der Waals surface area contributed by atoms with Crippen LogP contribution in [-0.2, 0) is 11.2 Å². The Kier molecular flexibility index (Phi) is 3.54. The maximum Gasteiger partial charge on any atom is 0.337 e. The van der Waals surface area contributed by atoms with Crippen molar-refractivity contribution in [1.82, 2.24) is 4.98 Å². The molecule has 1 aromatic carbocycles. The molecule has 0 amide bonds. The summed E-state index contributed by atoms with van der Waals surface area (Å²) in [6, 6.07) is 7.30. The minimum absolute atomic E-state index is 0.315. The van der Waals surface area contributed by atoms with Crippen LogP contribution < -0.4 is 0 Å². The number of esters is 1. The van der Waals surface area contributed by atoms with Crippen LogP contribution in [0.25, 0.3) is 10.6 Å². The summed E-state index contributed by atoms with van der Waals surface area (Å²) in [6.45, 7) is 2.11. The quantitative estimate of drug-likeness (QED) is 0.782. The molecule has 1 heterocycles. The summed E-state index contributed by atoms with van der Waals surface area (Å²) in [7, 11) is 1.38. The van der Waals surface area contributed by atoms with Gasteiger partial charge in [0.2, 0.25) is 0 Å². The van der Waals surface area contributed by atoms with Crippen molar-refractivity contribution in [2.24, 2.45) is 0 Å². The van der Waals surface area contributed by atoms with Crippen LogP contribution in [0.1, 0.15) is 22.2 Å². The SMILES string of the molecule is CCc1cnc(-c2ccc(C(=O)OC)cc2)s1. The number of aryl methyl sites for hydroxylation is 1. The van der Waals surface area contributed by atoms with Gasteiger partial charge in [0.1, 0.15) is 5.01 Å². The van der Waals surface area contributed by atoms with Crippen molar-refractivity contribution in [3.63, 3.8) is 0 Å². The van der Waals surface area contributed by atoms with Gasteiger partial charge < -0.3 is 4.74 Å². The van der Waals surface area contributed by atoms with Crippen LogP contribution in [-0.4, -0.2) is 18.1 Å². The Morgan fingerprint density at radius 2 is 2.06 bits per heavy atom. The average Bonchev–Trinajstić information content (AvgIpc) is 2.87. The van der Waals surface area contributed by atoms with Crippen LogP contribution in [0.4, 0.5) is 0 Å². The van der Waals surface area contributed by atoms with Gasteiger partial charge in [-0.1, -0.05) is 19.1 Å². The molecule has 88 valence electrons. The minimum Gasteiger partial charge on any atom is -0.465 e. The number of ether oxygens (including phenoxy) is 1.